The Bertz CT molecular complexity index is 696. The first-order valence-corrected chi connectivity index (χ1v) is 7.56. The maximum Gasteiger partial charge on any atom is 0.258 e. The van der Waals surface area contributed by atoms with Crippen LogP contribution in [0.5, 0.6) is 0 Å². The van der Waals surface area contributed by atoms with Gasteiger partial charge in [-0.3, -0.25) is 9.59 Å². The Kier molecular flexibility index (Phi) is 4.43. The van der Waals surface area contributed by atoms with Gasteiger partial charge in [0.05, 0.1) is 23.8 Å². The van der Waals surface area contributed by atoms with Crippen molar-refractivity contribution in [2.45, 2.75) is 25.4 Å². The lowest BCUT2D eigenvalue weighted by atomic mass is 10.1. The minimum Gasteiger partial charge on any atom is -0.472 e. The van der Waals surface area contributed by atoms with Crippen molar-refractivity contribution in [1.82, 2.24) is 0 Å². The first kappa shape index (κ1) is 15.3. The zero-order valence-electron chi connectivity index (χ0n) is 12.5. The van der Waals surface area contributed by atoms with Crippen molar-refractivity contribution in [1.29, 1.82) is 0 Å². The third kappa shape index (κ3) is 3.60. The molecule has 0 spiro atoms. The van der Waals surface area contributed by atoms with Gasteiger partial charge in [0.15, 0.2) is 0 Å². The van der Waals surface area contributed by atoms with Crippen LogP contribution >= 0.6 is 0 Å². The predicted molar refractivity (Wildman–Crippen MR) is 85.1 cm³/mol. The van der Waals surface area contributed by atoms with Crippen molar-refractivity contribution < 1.29 is 19.1 Å². The standard InChI is InChI=1S/C17H18N2O4/c20-15-6-2-5-14(15)17(22)19-13-4-1-3-12(9-13)18-16(21)11-7-8-23-10-11/h1,3-4,7-10,14-15,20H,2,5-6H2,(H,18,21)(H,19,22). The molecule has 1 aliphatic carbocycles. The number of anilines is 2. The molecule has 1 saturated carbocycles. The Morgan fingerprint density at radius 3 is 2.57 bits per heavy atom. The van der Waals surface area contributed by atoms with Crippen LogP contribution in [0, 0.1) is 5.92 Å². The van der Waals surface area contributed by atoms with Gasteiger partial charge in [0.1, 0.15) is 6.26 Å². The Morgan fingerprint density at radius 2 is 1.91 bits per heavy atom. The lowest BCUT2D eigenvalue weighted by Gasteiger charge is -2.15. The normalized spacial score (nSPS) is 20.2. The molecule has 0 radical (unpaired) electrons. The van der Waals surface area contributed by atoms with Crippen LogP contribution in [0.2, 0.25) is 0 Å². The Balaban J connectivity index is 1.65. The minimum absolute atomic E-state index is 0.187. The number of nitrogens with one attached hydrogen (secondary N) is 2. The Hall–Kier alpha value is -2.60. The van der Waals surface area contributed by atoms with Crippen molar-refractivity contribution in [3.05, 3.63) is 48.4 Å². The molecule has 2 unspecified atom stereocenters. The number of benzene rings is 1. The molecule has 1 heterocycles. The SMILES string of the molecule is O=C(Nc1cccc(NC(=O)C2CCCC2O)c1)c1ccoc1. The number of hydrogen-bond acceptors (Lipinski definition) is 4. The lowest BCUT2D eigenvalue weighted by molar-refractivity contribution is -0.122. The molecule has 0 bridgehead atoms. The number of furan rings is 1. The molecule has 3 N–H and O–H groups in total. The number of aliphatic hydroxyl groups is 1. The van der Waals surface area contributed by atoms with Crippen LogP contribution in [-0.2, 0) is 4.79 Å². The summed E-state index contributed by atoms with van der Waals surface area (Å²) in [5.41, 5.74) is 1.58. The van der Waals surface area contributed by atoms with Crippen LogP contribution in [-0.4, -0.2) is 23.0 Å². The van der Waals surface area contributed by atoms with E-state index in [-0.39, 0.29) is 17.7 Å². The van der Waals surface area contributed by atoms with Gasteiger partial charge < -0.3 is 20.2 Å². The molecule has 1 aromatic carbocycles. The molecular formula is C17H18N2O4. The summed E-state index contributed by atoms with van der Waals surface area (Å²) in [6, 6.07) is 8.47. The largest absolute Gasteiger partial charge is 0.472 e. The zero-order valence-corrected chi connectivity index (χ0v) is 12.5. The lowest BCUT2D eigenvalue weighted by Crippen LogP contribution is -2.28. The smallest absolute Gasteiger partial charge is 0.258 e. The highest BCUT2D eigenvalue weighted by atomic mass is 16.3. The van der Waals surface area contributed by atoms with E-state index >= 15 is 0 Å². The Labute approximate surface area is 133 Å². The van der Waals surface area contributed by atoms with Crippen LogP contribution in [0.3, 0.4) is 0 Å². The summed E-state index contributed by atoms with van der Waals surface area (Å²) in [5, 5.41) is 15.3. The van der Waals surface area contributed by atoms with Gasteiger partial charge in [0.2, 0.25) is 5.91 Å². The molecule has 2 atom stereocenters. The van der Waals surface area contributed by atoms with E-state index in [1.165, 1.54) is 12.5 Å². The van der Waals surface area contributed by atoms with E-state index in [0.717, 1.165) is 6.42 Å². The second-order valence-electron chi connectivity index (χ2n) is 5.64. The highest BCUT2D eigenvalue weighted by Crippen LogP contribution is 2.27. The molecule has 120 valence electrons. The monoisotopic (exact) mass is 314 g/mol. The number of carbonyl (C=O) groups is 2. The number of rotatable bonds is 4. The van der Waals surface area contributed by atoms with Crippen LogP contribution in [0.15, 0.2) is 47.3 Å². The molecule has 0 aliphatic heterocycles. The number of carbonyl (C=O) groups excluding carboxylic acids is 2. The first-order chi connectivity index (χ1) is 11.1. The first-order valence-electron chi connectivity index (χ1n) is 7.56. The fourth-order valence-corrected chi connectivity index (χ4v) is 2.75. The van der Waals surface area contributed by atoms with Crippen LogP contribution in [0.4, 0.5) is 11.4 Å². The van der Waals surface area contributed by atoms with E-state index in [2.05, 4.69) is 10.6 Å². The van der Waals surface area contributed by atoms with Crippen molar-refractivity contribution in [2.24, 2.45) is 5.92 Å². The predicted octanol–water partition coefficient (Wildman–Crippen LogP) is 2.63. The van der Waals surface area contributed by atoms with Gasteiger partial charge >= 0.3 is 0 Å². The van der Waals surface area contributed by atoms with Crippen molar-refractivity contribution in [2.75, 3.05) is 10.6 Å². The van der Waals surface area contributed by atoms with Crippen LogP contribution < -0.4 is 10.6 Å². The number of hydrogen-bond donors (Lipinski definition) is 3. The molecule has 3 rings (SSSR count). The second-order valence-corrected chi connectivity index (χ2v) is 5.64. The van der Waals surface area contributed by atoms with E-state index in [9.17, 15) is 14.7 Å². The molecule has 6 heteroatoms. The summed E-state index contributed by atoms with van der Waals surface area (Å²) < 4.78 is 4.88. The molecule has 1 fully saturated rings. The number of amides is 2. The van der Waals surface area contributed by atoms with Gasteiger partial charge in [-0.1, -0.05) is 6.07 Å². The van der Waals surface area contributed by atoms with Crippen molar-refractivity contribution in [3.8, 4) is 0 Å². The summed E-state index contributed by atoms with van der Waals surface area (Å²) in [5.74, 6) is -0.832. The van der Waals surface area contributed by atoms with Gasteiger partial charge in [-0.15, -0.1) is 0 Å². The fraction of sp³-hybridized carbons (Fsp3) is 0.294. The minimum atomic E-state index is -0.570. The van der Waals surface area contributed by atoms with Gasteiger partial charge in [-0.05, 0) is 43.5 Å². The molecule has 1 aliphatic rings. The Morgan fingerprint density at radius 1 is 1.13 bits per heavy atom. The van der Waals surface area contributed by atoms with E-state index in [0.29, 0.717) is 29.8 Å². The van der Waals surface area contributed by atoms with Gasteiger partial charge in [0.25, 0.3) is 5.91 Å². The number of aliphatic hydroxyl groups excluding tert-OH is 1. The highest BCUT2D eigenvalue weighted by molar-refractivity contribution is 6.04. The fourth-order valence-electron chi connectivity index (χ4n) is 2.75. The van der Waals surface area contributed by atoms with E-state index < -0.39 is 6.10 Å². The van der Waals surface area contributed by atoms with Gasteiger partial charge in [-0.2, -0.15) is 0 Å². The zero-order chi connectivity index (χ0) is 16.2. The molecule has 23 heavy (non-hydrogen) atoms. The molecule has 2 aromatic rings. The average Bonchev–Trinajstić information content (AvgIpc) is 3.18. The summed E-state index contributed by atoms with van der Waals surface area (Å²) in [6.07, 6.45) is 4.45. The third-order valence-corrected chi connectivity index (χ3v) is 3.99. The van der Waals surface area contributed by atoms with Gasteiger partial charge in [0, 0.05) is 11.4 Å². The van der Waals surface area contributed by atoms with Gasteiger partial charge in [-0.25, -0.2) is 0 Å². The maximum atomic E-state index is 12.2. The quantitative estimate of drug-likeness (QED) is 0.809. The van der Waals surface area contributed by atoms with E-state index in [1.54, 1.807) is 30.3 Å². The third-order valence-electron chi connectivity index (χ3n) is 3.99. The summed E-state index contributed by atoms with van der Waals surface area (Å²) in [7, 11) is 0. The summed E-state index contributed by atoms with van der Waals surface area (Å²) in [4.78, 5) is 24.1. The molecule has 1 aromatic heterocycles. The molecule has 2 amide bonds. The van der Waals surface area contributed by atoms with Crippen molar-refractivity contribution >= 4 is 23.2 Å². The second kappa shape index (κ2) is 6.66. The summed E-state index contributed by atoms with van der Waals surface area (Å²) in [6.45, 7) is 0. The highest BCUT2D eigenvalue weighted by Gasteiger charge is 2.31. The molecular weight excluding hydrogens is 296 g/mol. The maximum absolute atomic E-state index is 12.2. The van der Waals surface area contributed by atoms with E-state index in [1.807, 2.05) is 0 Å². The topological polar surface area (TPSA) is 91.6 Å². The molecule has 0 saturated heterocycles. The van der Waals surface area contributed by atoms with E-state index in [4.69, 9.17) is 4.42 Å². The average molecular weight is 314 g/mol. The van der Waals surface area contributed by atoms with Crippen molar-refractivity contribution in [3.63, 3.8) is 0 Å². The van der Waals surface area contributed by atoms with Crippen LogP contribution in [0.25, 0.3) is 0 Å². The molecule has 6 nitrogen and oxygen atoms in total. The summed E-state index contributed by atoms with van der Waals surface area (Å²) >= 11 is 0. The van der Waals surface area contributed by atoms with Crippen LogP contribution in [0.1, 0.15) is 29.6 Å².